The third kappa shape index (κ3) is 3.84. The van der Waals surface area contributed by atoms with Crippen molar-refractivity contribution in [3.05, 3.63) is 96.1 Å². The summed E-state index contributed by atoms with van der Waals surface area (Å²) in [6.45, 7) is 9.71. The number of fused-ring (bicyclic) bond motifs is 6. The summed E-state index contributed by atoms with van der Waals surface area (Å²) in [5.74, 6) is 0. The molecule has 0 saturated heterocycles. The van der Waals surface area contributed by atoms with Crippen LogP contribution in [0, 0.1) is 13.8 Å². The van der Waals surface area contributed by atoms with E-state index in [9.17, 15) is 0 Å². The molecule has 0 aliphatic rings. The van der Waals surface area contributed by atoms with Crippen LogP contribution in [0.4, 0.5) is 0 Å². The molecule has 0 aliphatic heterocycles. The van der Waals surface area contributed by atoms with Crippen molar-refractivity contribution < 1.29 is 20.8 Å². The van der Waals surface area contributed by atoms with E-state index in [0.29, 0.717) is 0 Å². The van der Waals surface area contributed by atoms with E-state index >= 15 is 0 Å². The molecule has 0 spiro atoms. The van der Waals surface area contributed by atoms with Gasteiger partial charge in [0.1, 0.15) is 0 Å². The molecule has 0 unspecified atom stereocenters. The summed E-state index contributed by atoms with van der Waals surface area (Å²) in [5.41, 5.74) is 2.88. The van der Waals surface area contributed by atoms with Crippen LogP contribution in [0.5, 0.6) is 0 Å². The Morgan fingerprint density at radius 3 is 1.38 bits per heavy atom. The zero-order valence-corrected chi connectivity index (χ0v) is 24.8. The molecule has 0 N–H and O–H groups in total. The van der Waals surface area contributed by atoms with Gasteiger partial charge in [0.15, 0.2) is 0 Å². The number of aryl methyl sites for hydroxylation is 2. The van der Waals surface area contributed by atoms with Crippen molar-refractivity contribution in [2.75, 3.05) is 0 Å². The molecule has 4 heteroatoms. The summed E-state index contributed by atoms with van der Waals surface area (Å²) >= 11 is -0.826. The van der Waals surface area contributed by atoms with Gasteiger partial charge in [0.05, 0.1) is 0 Å². The van der Waals surface area contributed by atoms with Crippen LogP contribution >= 0.6 is 17.0 Å². The molecule has 0 saturated carbocycles. The van der Waals surface area contributed by atoms with Gasteiger partial charge in [0.25, 0.3) is 0 Å². The van der Waals surface area contributed by atoms with Gasteiger partial charge in [-0.25, -0.2) is 0 Å². The molecule has 0 aromatic heterocycles. The molecule has 0 heterocycles. The summed E-state index contributed by atoms with van der Waals surface area (Å²) < 4.78 is 0. The Balaban J connectivity index is 0.000000764. The molecule has 0 radical (unpaired) electrons. The molecule has 0 amide bonds. The van der Waals surface area contributed by atoms with E-state index in [2.05, 4.69) is 112 Å². The Hall–Kier alpha value is -1.70. The molecule has 6 rings (SSSR count). The Labute approximate surface area is 220 Å². The van der Waals surface area contributed by atoms with Crippen LogP contribution in [0.2, 0.25) is 13.1 Å². The van der Waals surface area contributed by atoms with Crippen molar-refractivity contribution in [3.63, 3.8) is 0 Å². The maximum atomic E-state index is 4.93. The van der Waals surface area contributed by atoms with Crippen molar-refractivity contribution in [1.82, 2.24) is 0 Å². The molecule has 0 fully saturated rings. The van der Waals surface area contributed by atoms with Crippen LogP contribution in [0.25, 0.3) is 43.1 Å². The molecule has 0 bridgehead atoms. The van der Waals surface area contributed by atoms with Crippen molar-refractivity contribution >= 4 is 78.6 Å². The minimum atomic E-state index is -1.94. The quantitative estimate of drug-likeness (QED) is 0.143. The maximum absolute atomic E-state index is 4.93. The van der Waals surface area contributed by atoms with E-state index in [-0.39, 0.29) is 0 Å². The predicted octanol–water partition coefficient (Wildman–Crippen LogP) is 8.55. The first-order valence-corrected chi connectivity index (χ1v) is 20.8. The molecular formula is C30H26Cl2SiZr. The SMILES string of the molecule is Cc1cc2c3ccccc3ccc2[c-]1[Si](C)(C)[c-]1c(C)cc2c3ccccc3ccc21.[Cl][Zr+2][Cl]. The minimum absolute atomic E-state index is 0.826. The summed E-state index contributed by atoms with van der Waals surface area (Å²) in [5, 5.41) is 14.3. The number of halogens is 2. The van der Waals surface area contributed by atoms with E-state index in [0.717, 1.165) is 0 Å². The summed E-state index contributed by atoms with van der Waals surface area (Å²) in [7, 11) is 7.92. The molecular weight excluding hydrogens is 551 g/mol. The standard InChI is InChI=1S/C30H26Si.2ClH.Zr/c1-19-17-27-23-11-7-5-9-21(23)13-15-25(27)29(19)31(3,4)30-20(2)18-28-24-12-8-6-10-22(24)14-16-26(28)30;;;/h5-18H,1-4H3;2*1H;/q-2;;;+4/p-2. The van der Waals surface area contributed by atoms with Crippen LogP contribution in [0.15, 0.2) is 84.9 Å². The third-order valence-corrected chi connectivity index (χ3v) is 11.1. The second-order valence-electron chi connectivity index (χ2n) is 9.60. The Kier molecular flexibility index (Phi) is 6.64. The average Bonchev–Trinajstić information content (AvgIpc) is 3.36. The zero-order valence-electron chi connectivity index (χ0n) is 19.8. The van der Waals surface area contributed by atoms with Crippen molar-refractivity contribution in [2.45, 2.75) is 26.9 Å². The van der Waals surface area contributed by atoms with Gasteiger partial charge in [-0.15, -0.1) is 55.2 Å². The van der Waals surface area contributed by atoms with Gasteiger partial charge in [0.2, 0.25) is 0 Å². The molecule has 0 aliphatic carbocycles. The van der Waals surface area contributed by atoms with Gasteiger partial charge in [-0.2, -0.15) is 12.1 Å². The van der Waals surface area contributed by atoms with Crippen molar-refractivity contribution in [2.24, 2.45) is 0 Å². The number of benzene rings is 4. The van der Waals surface area contributed by atoms with Crippen molar-refractivity contribution in [1.29, 1.82) is 0 Å². The van der Waals surface area contributed by atoms with Gasteiger partial charge in [-0.3, -0.25) is 0 Å². The van der Waals surface area contributed by atoms with Crippen LogP contribution in [0.3, 0.4) is 0 Å². The molecule has 6 aromatic carbocycles. The molecule has 0 nitrogen and oxygen atoms in total. The van der Waals surface area contributed by atoms with E-state index in [1.807, 2.05) is 0 Å². The molecule has 6 aromatic rings. The van der Waals surface area contributed by atoms with E-state index in [1.165, 1.54) is 54.2 Å². The topological polar surface area (TPSA) is 0 Å². The predicted molar refractivity (Wildman–Crippen MR) is 152 cm³/mol. The van der Waals surface area contributed by atoms with Crippen LogP contribution in [0.1, 0.15) is 11.1 Å². The monoisotopic (exact) mass is 574 g/mol. The summed E-state index contributed by atoms with van der Waals surface area (Å²) in [4.78, 5) is 0. The zero-order chi connectivity index (χ0) is 24.0. The van der Waals surface area contributed by atoms with E-state index in [4.69, 9.17) is 17.0 Å². The Bertz CT molecular complexity index is 1530. The van der Waals surface area contributed by atoms with Gasteiger partial charge in [-0.1, -0.05) is 98.4 Å². The summed E-state index contributed by atoms with van der Waals surface area (Å²) in [6.07, 6.45) is 0. The van der Waals surface area contributed by atoms with Gasteiger partial charge >= 0.3 is 37.9 Å². The van der Waals surface area contributed by atoms with Crippen LogP contribution in [-0.2, 0) is 20.8 Å². The van der Waals surface area contributed by atoms with Crippen LogP contribution < -0.4 is 10.4 Å². The third-order valence-electron chi connectivity index (χ3n) is 7.24. The molecule has 34 heavy (non-hydrogen) atoms. The second kappa shape index (κ2) is 9.40. The second-order valence-corrected chi connectivity index (χ2v) is 17.6. The van der Waals surface area contributed by atoms with Crippen molar-refractivity contribution in [3.8, 4) is 0 Å². The average molecular weight is 577 g/mol. The molecule has 0 atom stereocenters. The normalized spacial score (nSPS) is 11.7. The number of hydrogen-bond acceptors (Lipinski definition) is 0. The number of rotatable bonds is 2. The van der Waals surface area contributed by atoms with E-state index < -0.39 is 28.9 Å². The first kappa shape index (κ1) is 24.0. The molecule has 168 valence electrons. The number of hydrogen-bond donors (Lipinski definition) is 0. The van der Waals surface area contributed by atoms with Gasteiger partial charge < -0.3 is 0 Å². The summed E-state index contributed by atoms with van der Waals surface area (Å²) in [6, 6.07) is 31.8. The van der Waals surface area contributed by atoms with Gasteiger partial charge in [-0.05, 0) is 10.8 Å². The fourth-order valence-electron chi connectivity index (χ4n) is 6.12. The van der Waals surface area contributed by atoms with Crippen LogP contribution in [-0.4, -0.2) is 8.07 Å². The van der Waals surface area contributed by atoms with E-state index in [1.54, 1.807) is 10.4 Å². The Morgan fingerprint density at radius 2 is 0.971 bits per heavy atom. The first-order valence-electron chi connectivity index (χ1n) is 11.5. The first-order chi connectivity index (χ1) is 16.4. The fraction of sp³-hybridized carbons (Fsp3) is 0.133. The Morgan fingerprint density at radius 1 is 0.588 bits per heavy atom. The van der Waals surface area contributed by atoms with Gasteiger partial charge in [0, 0.05) is 8.07 Å². The fourth-order valence-corrected chi connectivity index (χ4v) is 10.3.